The number of benzene rings is 1. The Hall–Kier alpha value is -2.89. The lowest BCUT2D eigenvalue weighted by molar-refractivity contribution is 0.0686. The van der Waals surface area contributed by atoms with Crippen molar-refractivity contribution in [2.45, 2.75) is 52.4 Å². The summed E-state index contributed by atoms with van der Waals surface area (Å²) in [6.45, 7) is 8.40. The van der Waals surface area contributed by atoms with Crippen LogP contribution in [-0.2, 0) is 6.42 Å². The summed E-state index contributed by atoms with van der Waals surface area (Å²) in [6.07, 6.45) is 5.92. The minimum atomic E-state index is 0.0512. The van der Waals surface area contributed by atoms with Gasteiger partial charge in [-0.3, -0.25) is 4.79 Å². The number of hydrogen-bond donors (Lipinski definition) is 0. The molecule has 0 N–H and O–H groups in total. The van der Waals surface area contributed by atoms with E-state index < -0.39 is 0 Å². The average molecular weight is 422 g/mol. The molecule has 1 aliphatic heterocycles. The summed E-state index contributed by atoms with van der Waals surface area (Å²) in [4.78, 5) is 19.3. The van der Waals surface area contributed by atoms with Crippen molar-refractivity contribution in [3.63, 3.8) is 0 Å². The lowest BCUT2D eigenvalue weighted by Crippen LogP contribution is -2.38. The fourth-order valence-electron chi connectivity index (χ4n) is 4.28. The van der Waals surface area contributed by atoms with Gasteiger partial charge >= 0.3 is 0 Å². The molecule has 0 unspecified atom stereocenters. The molecule has 0 aliphatic carbocycles. The van der Waals surface area contributed by atoms with Gasteiger partial charge in [0.2, 0.25) is 0 Å². The van der Waals surface area contributed by atoms with Crippen molar-refractivity contribution in [1.29, 1.82) is 0 Å². The van der Waals surface area contributed by atoms with Crippen LogP contribution >= 0.6 is 0 Å². The molecule has 1 amide bonds. The van der Waals surface area contributed by atoms with E-state index in [1.165, 1.54) is 5.56 Å². The minimum absolute atomic E-state index is 0.0512. The molecule has 0 saturated carbocycles. The zero-order valence-electron chi connectivity index (χ0n) is 18.6. The Morgan fingerprint density at radius 1 is 1.23 bits per heavy atom. The van der Waals surface area contributed by atoms with Crippen LogP contribution < -0.4 is 4.74 Å². The van der Waals surface area contributed by atoms with Gasteiger partial charge in [0.05, 0.1) is 23.3 Å². The third-order valence-electron chi connectivity index (χ3n) is 6.13. The zero-order valence-corrected chi connectivity index (χ0v) is 18.6. The predicted octanol–water partition coefficient (Wildman–Crippen LogP) is 5.23. The van der Waals surface area contributed by atoms with E-state index in [1.54, 1.807) is 6.20 Å². The van der Waals surface area contributed by atoms with Gasteiger partial charge in [-0.2, -0.15) is 0 Å². The lowest BCUT2D eigenvalue weighted by Gasteiger charge is -2.32. The summed E-state index contributed by atoms with van der Waals surface area (Å²) < 4.78 is 10.8. The van der Waals surface area contributed by atoms with Crippen LogP contribution in [0.15, 0.2) is 41.1 Å². The molecule has 1 fully saturated rings. The number of nitrogens with zero attached hydrogens (tertiary/aromatic N) is 3. The summed E-state index contributed by atoms with van der Waals surface area (Å²) in [5.41, 5.74) is 3.31. The third kappa shape index (κ3) is 4.89. The van der Waals surface area contributed by atoms with Gasteiger partial charge in [-0.25, -0.2) is 4.98 Å². The predicted molar refractivity (Wildman–Crippen MR) is 120 cm³/mol. The van der Waals surface area contributed by atoms with Crippen molar-refractivity contribution in [3.8, 4) is 5.75 Å². The Morgan fingerprint density at radius 3 is 2.65 bits per heavy atom. The molecule has 0 atom stereocenters. The number of rotatable bonds is 7. The number of pyridine rings is 1. The van der Waals surface area contributed by atoms with E-state index in [2.05, 4.69) is 36.1 Å². The molecule has 6 heteroatoms. The molecule has 31 heavy (non-hydrogen) atoms. The van der Waals surface area contributed by atoms with Gasteiger partial charge in [-0.05, 0) is 68.2 Å². The SMILES string of the molecule is CCOc1ccc(CCC2CCN(C(=O)c3cnc4onc(C(C)C)c4c3)CC2)cc1. The van der Waals surface area contributed by atoms with E-state index in [1.807, 2.05) is 30.0 Å². The van der Waals surface area contributed by atoms with Crippen LogP contribution in [-0.4, -0.2) is 40.6 Å². The van der Waals surface area contributed by atoms with Crippen molar-refractivity contribution in [2.75, 3.05) is 19.7 Å². The Kier molecular flexibility index (Phi) is 6.54. The second kappa shape index (κ2) is 9.50. The van der Waals surface area contributed by atoms with Crippen LogP contribution in [0.4, 0.5) is 0 Å². The highest BCUT2D eigenvalue weighted by Crippen LogP contribution is 2.27. The van der Waals surface area contributed by atoms with Gasteiger partial charge < -0.3 is 14.2 Å². The summed E-state index contributed by atoms with van der Waals surface area (Å²) in [7, 11) is 0. The lowest BCUT2D eigenvalue weighted by atomic mass is 9.90. The molecule has 164 valence electrons. The third-order valence-corrected chi connectivity index (χ3v) is 6.13. The number of hydrogen-bond acceptors (Lipinski definition) is 5. The standard InChI is InChI=1S/C25H31N3O3/c1-4-30-21-9-7-18(8-10-21)5-6-19-11-13-28(14-12-19)25(29)20-15-22-23(17(2)3)27-31-24(22)26-16-20/h7-10,15-17,19H,4-6,11-14H2,1-3H3. The van der Waals surface area contributed by atoms with Crippen LogP contribution in [0.25, 0.3) is 11.1 Å². The largest absolute Gasteiger partial charge is 0.494 e. The number of fused-ring (bicyclic) bond motifs is 1. The van der Waals surface area contributed by atoms with Crippen LogP contribution in [0.5, 0.6) is 5.75 Å². The van der Waals surface area contributed by atoms with Crippen molar-refractivity contribution >= 4 is 17.0 Å². The molecule has 0 bridgehead atoms. The second-order valence-corrected chi connectivity index (χ2v) is 8.65. The molecule has 0 spiro atoms. The molecule has 1 aromatic carbocycles. The molecular formula is C25H31N3O3. The maximum absolute atomic E-state index is 13.0. The molecule has 1 saturated heterocycles. The first-order chi connectivity index (χ1) is 15.0. The molecule has 3 aromatic rings. The summed E-state index contributed by atoms with van der Waals surface area (Å²) in [5, 5.41) is 4.95. The van der Waals surface area contributed by atoms with E-state index in [4.69, 9.17) is 9.26 Å². The highest BCUT2D eigenvalue weighted by molar-refractivity contribution is 5.97. The molecule has 1 aliphatic rings. The van der Waals surface area contributed by atoms with Crippen molar-refractivity contribution < 1.29 is 14.1 Å². The number of carbonyl (C=O) groups is 1. The zero-order chi connectivity index (χ0) is 21.8. The number of amides is 1. The monoisotopic (exact) mass is 421 g/mol. The first-order valence-electron chi connectivity index (χ1n) is 11.3. The van der Waals surface area contributed by atoms with Crippen LogP contribution in [0, 0.1) is 5.92 Å². The molecule has 3 heterocycles. The van der Waals surface area contributed by atoms with Crippen molar-refractivity contribution in [3.05, 3.63) is 53.3 Å². The highest BCUT2D eigenvalue weighted by atomic mass is 16.5. The molecule has 0 radical (unpaired) electrons. The van der Waals surface area contributed by atoms with E-state index in [9.17, 15) is 4.79 Å². The first-order valence-corrected chi connectivity index (χ1v) is 11.3. The van der Waals surface area contributed by atoms with Gasteiger partial charge in [0.1, 0.15) is 5.75 Å². The Balaban J connectivity index is 1.31. The number of likely N-dealkylation sites (tertiary alicyclic amines) is 1. The van der Waals surface area contributed by atoms with Crippen LogP contribution in [0.2, 0.25) is 0 Å². The number of ether oxygens (including phenoxy) is 1. The fourth-order valence-corrected chi connectivity index (χ4v) is 4.28. The minimum Gasteiger partial charge on any atom is -0.494 e. The van der Waals surface area contributed by atoms with E-state index >= 15 is 0 Å². The fraction of sp³-hybridized carbons (Fsp3) is 0.480. The average Bonchev–Trinajstić information content (AvgIpc) is 3.22. The Bertz CT molecular complexity index is 1020. The number of aromatic nitrogens is 2. The molecule has 4 rings (SSSR count). The topological polar surface area (TPSA) is 68.5 Å². The summed E-state index contributed by atoms with van der Waals surface area (Å²) in [5.74, 6) is 1.86. The maximum Gasteiger partial charge on any atom is 0.257 e. The van der Waals surface area contributed by atoms with Crippen molar-refractivity contribution in [2.24, 2.45) is 5.92 Å². The number of carbonyl (C=O) groups excluding carboxylic acids is 1. The summed E-state index contributed by atoms with van der Waals surface area (Å²) in [6, 6.07) is 10.3. The molecule has 6 nitrogen and oxygen atoms in total. The first kappa shape index (κ1) is 21.3. The Labute approximate surface area is 183 Å². The highest BCUT2D eigenvalue weighted by Gasteiger charge is 2.25. The van der Waals surface area contributed by atoms with E-state index in [0.717, 1.165) is 55.6 Å². The van der Waals surface area contributed by atoms with Crippen LogP contribution in [0.1, 0.15) is 67.6 Å². The van der Waals surface area contributed by atoms with E-state index in [0.29, 0.717) is 23.8 Å². The van der Waals surface area contributed by atoms with E-state index in [-0.39, 0.29) is 11.8 Å². The normalized spacial score (nSPS) is 15.0. The maximum atomic E-state index is 13.0. The smallest absolute Gasteiger partial charge is 0.257 e. The van der Waals surface area contributed by atoms with Crippen LogP contribution in [0.3, 0.4) is 0 Å². The second-order valence-electron chi connectivity index (χ2n) is 8.65. The van der Waals surface area contributed by atoms with Gasteiger partial charge in [-0.1, -0.05) is 31.1 Å². The summed E-state index contributed by atoms with van der Waals surface area (Å²) >= 11 is 0. The number of aryl methyl sites for hydroxylation is 1. The van der Waals surface area contributed by atoms with Crippen molar-refractivity contribution in [1.82, 2.24) is 15.0 Å². The van der Waals surface area contributed by atoms with Gasteiger partial charge in [-0.15, -0.1) is 0 Å². The van der Waals surface area contributed by atoms with Gasteiger partial charge in [0, 0.05) is 19.3 Å². The molecule has 2 aromatic heterocycles. The van der Waals surface area contributed by atoms with Gasteiger partial charge in [0.15, 0.2) is 0 Å². The van der Waals surface area contributed by atoms with Gasteiger partial charge in [0.25, 0.3) is 11.6 Å². The quantitative estimate of drug-likeness (QED) is 0.522. The number of piperidine rings is 1. The molecular weight excluding hydrogens is 390 g/mol. The Morgan fingerprint density at radius 2 is 1.97 bits per heavy atom.